The van der Waals surface area contributed by atoms with Crippen LogP contribution < -0.4 is 5.32 Å². The molecule has 2 heterocycles. The minimum Gasteiger partial charge on any atom is -0.370 e. The zero-order chi connectivity index (χ0) is 16.1. The standard InChI is InChI=1S/C16H20N4O2S/c1-11-4-6-12(7-5-11)9-17-14(21)10-23-16-18-15(19-20-16)13-3-2-8-22-13/h4-7,13H,2-3,8-10H2,1H3,(H,17,21)(H,18,19,20)/t13-/m0/s1. The molecule has 1 saturated heterocycles. The molecule has 1 aliphatic heterocycles. The fourth-order valence-corrected chi connectivity index (χ4v) is 2.98. The molecule has 0 aliphatic carbocycles. The predicted molar refractivity (Wildman–Crippen MR) is 88.1 cm³/mol. The highest BCUT2D eigenvalue weighted by atomic mass is 32.2. The molecule has 122 valence electrons. The van der Waals surface area contributed by atoms with Gasteiger partial charge in [-0.05, 0) is 25.3 Å². The van der Waals surface area contributed by atoms with Crippen LogP contribution in [0.25, 0.3) is 0 Å². The molecule has 7 heteroatoms. The number of carbonyl (C=O) groups is 1. The Kier molecular flexibility index (Phi) is 5.30. The number of carbonyl (C=O) groups excluding carboxylic acids is 1. The second-order valence-corrected chi connectivity index (χ2v) is 6.50. The molecule has 1 aromatic carbocycles. The normalized spacial score (nSPS) is 17.3. The summed E-state index contributed by atoms with van der Waals surface area (Å²) in [5, 5.41) is 10.5. The fraction of sp³-hybridized carbons (Fsp3) is 0.438. The van der Waals surface area contributed by atoms with E-state index in [9.17, 15) is 4.79 Å². The van der Waals surface area contributed by atoms with Gasteiger partial charge in [0.15, 0.2) is 5.82 Å². The number of nitrogens with one attached hydrogen (secondary N) is 2. The van der Waals surface area contributed by atoms with Crippen molar-refractivity contribution in [1.82, 2.24) is 20.5 Å². The first-order valence-electron chi connectivity index (χ1n) is 7.69. The SMILES string of the molecule is Cc1ccc(CNC(=O)CSc2n[nH]c([C@@H]3CCCO3)n2)cc1. The van der Waals surface area contributed by atoms with Crippen LogP contribution in [0.5, 0.6) is 0 Å². The monoisotopic (exact) mass is 332 g/mol. The van der Waals surface area contributed by atoms with Crippen molar-refractivity contribution in [2.45, 2.75) is 37.6 Å². The van der Waals surface area contributed by atoms with E-state index in [1.165, 1.54) is 17.3 Å². The van der Waals surface area contributed by atoms with Gasteiger partial charge >= 0.3 is 0 Å². The molecule has 0 saturated carbocycles. The van der Waals surface area contributed by atoms with Gasteiger partial charge in [-0.2, -0.15) is 0 Å². The van der Waals surface area contributed by atoms with E-state index >= 15 is 0 Å². The lowest BCUT2D eigenvalue weighted by Gasteiger charge is -2.05. The molecular formula is C16H20N4O2S. The molecule has 0 bridgehead atoms. The van der Waals surface area contributed by atoms with Gasteiger partial charge in [-0.1, -0.05) is 41.6 Å². The van der Waals surface area contributed by atoms with Crippen molar-refractivity contribution in [2.24, 2.45) is 0 Å². The predicted octanol–water partition coefficient (Wildman–Crippen LogP) is 2.37. The Hall–Kier alpha value is -1.86. The first kappa shape index (κ1) is 16.0. The van der Waals surface area contributed by atoms with Crippen LogP contribution in [0.2, 0.25) is 0 Å². The zero-order valence-electron chi connectivity index (χ0n) is 13.0. The molecule has 3 rings (SSSR count). The number of aromatic amines is 1. The van der Waals surface area contributed by atoms with Gasteiger partial charge < -0.3 is 10.1 Å². The van der Waals surface area contributed by atoms with E-state index in [1.807, 2.05) is 31.2 Å². The molecule has 1 aliphatic rings. The molecule has 2 N–H and O–H groups in total. The number of H-pyrrole nitrogens is 1. The third kappa shape index (κ3) is 4.56. The number of amides is 1. The van der Waals surface area contributed by atoms with E-state index in [1.54, 1.807) is 0 Å². The van der Waals surface area contributed by atoms with Crippen molar-refractivity contribution in [1.29, 1.82) is 0 Å². The first-order chi connectivity index (χ1) is 11.2. The third-order valence-corrected chi connectivity index (χ3v) is 4.51. The lowest BCUT2D eigenvalue weighted by Crippen LogP contribution is -2.24. The lowest BCUT2D eigenvalue weighted by atomic mass is 10.1. The second-order valence-electron chi connectivity index (χ2n) is 5.56. The Morgan fingerprint density at radius 1 is 1.43 bits per heavy atom. The number of hydrogen-bond acceptors (Lipinski definition) is 5. The van der Waals surface area contributed by atoms with E-state index < -0.39 is 0 Å². The van der Waals surface area contributed by atoms with Crippen LogP contribution in [0.15, 0.2) is 29.4 Å². The summed E-state index contributed by atoms with van der Waals surface area (Å²) in [6.07, 6.45) is 2.04. The average molecular weight is 332 g/mol. The molecule has 0 unspecified atom stereocenters. The highest BCUT2D eigenvalue weighted by Gasteiger charge is 2.21. The number of aromatic nitrogens is 3. The second kappa shape index (κ2) is 7.61. The molecule has 1 atom stereocenters. The number of rotatable bonds is 6. The molecular weight excluding hydrogens is 312 g/mol. The number of nitrogens with zero attached hydrogens (tertiary/aromatic N) is 2. The number of benzene rings is 1. The van der Waals surface area contributed by atoms with E-state index in [0.29, 0.717) is 17.5 Å². The number of hydrogen-bond donors (Lipinski definition) is 2. The maximum Gasteiger partial charge on any atom is 0.230 e. The molecule has 0 spiro atoms. The van der Waals surface area contributed by atoms with E-state index in [-0.39, 0.29) is 12.0 Å². The van der Waals surface area contributed by atoms with Crippen LogP contribution in [0.1, 0.15) is 35.9 Å². The smallest absolute Gasteiger partial charge is 0.230 e. The van der Waals surface area contributed by atoms with Crippen molar-refractivity contribution < 1.29 is 9.53 Å². The summed E-state index contributed by atoms with van der Waals surface area (Å²) in [5.41, 5.74) is 2.30. The number of ether oxygens (including phenoxy) is 1. The number of aryl methyl sites for hydroxylation is 1. The third-order valence-electron chi connectivity index (χ3n) is 3.66. The Morgan fingerprint density at radius 3 is 3.00 bits per heavy atom. The lowest BCUT2D eigenvalue weighted by molar-refractivity contribution is -0.118. The van der Waals surface area contributed by atoms with Crippen LogP contribution >= 0.6 is 11.8 Å². The summed E-state index contributed by atoms with van der Waals surface area (Å²) in [4.78, 5) is 16.3. The van der Waals surface area contributed by atoms with Crippen molar-refractivity contribution >= 4 is 17.7 Å². The molecule has 0 radical (unpaired) electrons. The van der Waals surface area contributed by atoms with Gasteiger partial charge in [0, 0.05) is 13.2 Å². The fourth-order valence-electron chi connectivity index (χ4n) is 2.35. The molecule has 2 aromatic rings. The van der Waals surface area contributed by atoms with Crippen LogP contribution in [0.3, 0.4) is 0 Å². The minimum absolute atomic E-state index is 0.0206. The highest BCUT2D eigenvalue weighted by molar-refractivity contribution is 7.99. The summed E-state index contributed by atoms with van der Waals surface area (Å²) in [5.74, 6) is 1.03. The van der Waals surface area contributed by atoms with Gasteiger partial charge in [-0.15, -0.1) is 5.10 Å². The van der Waals surface area contributed by atoms with E-state index in [0.717, 1.165) is 30.8 Å². The summed E-state index contributed by atoms with van der Waals surface area (Å²) in [7, 11) is 0. The molecule has 1 aromatic heterocycles. The maximum absolute atomic E-state index is 11.9. The molecule has 1 amide bonds. The zero-order valence-corrected chi connectivity index (χ0v) is 13.9. The topological polar surface area (TPSA) is 79.9 Å². The van der Waals surface area contributed by atoms with Gasteiger partial charge in [0.25, 0.3) is 0 Å². The van der Waals surface area contributed by atoms with Crippen LogP contribution in [0.4, 0.5) is 0 Å². The van der Waals surface area contributed by atoms with Gasteiger partial charge in [0.2, 0.25) is 11.1 Å². The van der Waals surface area contributed by atoms with E-state index in [2.05, 4.69) is 20.5 Å². The molecule has 6 nitrogen and oxygen atoms in total. The first-order valence-corrected chi connectivity index (χ1v) is 8.68. The summed E-state index contributed by atoms with van der Waals surface area (Å²) >= 11 is 1.32. The summed E-state index contributed by atoms with van der Waals surface area (Å²) in [6.45, 7) is 3.35. The van der Waals surface area contributed by atoms with Crippen LogP contribution in [-0.4, -0.2) is 33.4 Å². The van der Waals surface area contributed by atoms with Crippen molar-refractivity contribution in [3.8, 4) is 0 Å². The Bertz CT molecular complexity index is 650. The van der Waals surface area contributed by atoms with Gasteiger partial charge in [0.05, 0.1) is 5.75 Å². The maximum atomic E-state index is 11.9. The summed E-state index contributed by atoms with van der Waals surface area (Å²) in [6, 6.07) is 8.12. The van der Waals surface area contributed by atoms with Crippen LogP contribution in [0, 0.1) is 6.92 Å². The molecule has 23 heavy (non-hydrogen) atoms. The Morgan fingerprint density at radius 2 is 2.26 bits per heavy atom. The number of thioether (sulfide) groups is 1. The van der Waals surface area contributed by atoms with Crippen molar-refractivity contribution in [2.75, 3.05) is 12.4 Å². The molecule has 1 fully saturated rings. The van der Waals surface area contributed by atoms with E-state index in [4.69, 9.17) is 4.74 Å². The Labute approximate surface area is 139 Å². The van der Waals surface area contributed by atoms with Crippen LogP contribution in [-0.2, 0) is 16.1 Å². The highest BCUT2D eigenvalue weighted by Crippen LogP contribution is 2.26. The Balaban J connectivity index is 1.42. The minimum atomic E-state index is -0.0287. The average Bonchev–Trinajstić information content (AvgIpc) is 3.23. The van der Waals surface area contributed by atoms with Gasteiger partial charge in [-0.3, -0.25) is 9.89 Å². The van der Waals surface area contributed by atoms with Crippen molar-refractivity contribution in [3.05, 3.63) is 41.2 Å². The quantitative estimate of drug-likeness (QED) is 0.794. The van der Waals surface area contributed by atoms with Gasteiger partial charge in [0.1, 0.15) is 6.10 Å². The van der Waals surface area contributed by atoms with Crippen molar-refractivity contribution in [3.63, 3.8) is 0 Å². The summed E-state index contributed by atoms with van der Waals surface area (Å²) < 4.78 is 5.55. The largest absolute Gasteiger partial charge is 0.370 e. The van der Waals surface area contributed by atoms with Gasteiger partial charge in [-0.25, -0.2) is 4.98 Å².